The standard InChI is InChI=1S/C7H7.C5H5.F6P.Fe/c1-7-5-3-2-4-6-7;1-2-4-5-3-1;1-7(2,3,4,5)6;/h2-6H,1H2;1-5H;;/q3*-1;+3. The molecule has 0 aliphatic heterocycles. The van der Waals surface area contributed by atoms with Crippen LogP contribution in [0.3, 0.4) is 0 Å². The van der Waals surface area contributed by atoms with Crippen molar-refractivity contribution >= 4 is 7.81 Å². The fraction of sp³-hybridized carbons (Fsp3) is 0. The maximum absolute atomic E-state index is 10.7. The molecule has 0 spiro atoms. The number of rotatable bonds is 0. The molecule has 0 unspecified atom stereocenters. The molecule has 0 saturated heterocycles. The van der Waals surface area contributed by atoms with Crippen molar-refractivity contribution in [3.8, 4) is 0 Å². The van der Waals surface area contributed by atoms with Gasteiger partial charge in [-0.2, -0.15) is 42.8 Å². The Morgan fingerprint density at radius 3 is 1.25 bits per heavy atom. The molecule has 0 aliphatic carbocycles. The summed E-state index contributed by atoms with van der Waals surface area (Å²) in [5.41, 5.74) is 1.07. The number of hydrogen-bond donors (Lipinski definition) is 0. The first-order chi connectivity index (χ1) is 8.34. The fourth-order valence-corrected chi connectivity index (χ4v) is 0.799. The molecule has 0 bridgehead atoms. The summed E-state index contributed by atoms with van der Waals surface area (Å²) in [6.07, 6.45) is 0. The summed E-state index contributed by atoms with van der Waals surface area (Å²) in [5, 5.41) is 0. The van der Waals surface area contributed by atoms with Crippen molar-refractivity contribution in [1.29, 1.82) is 0 Å². The van der Waals surface area contributed by atoms with E-state index >= 15 is 0 Å². The van der Waals surface area contributed by atoms with Gasteiger partial charge in [-0.3, -0.25) is 0 Å². The first kappa shape index (κ1) is 21.3. The van der Waals surface area contributed by atoms with Crippen LogP contribution in [0.1, 0.15) is 5.56 Å². The zero-order valence-corrected chi connectivity index (χ0v) is 12.0. The molecule has 0 atom stereocenters. The smallest absolute Gasteiger partial charge is 0.214 e. The van der Waals surface area contributed by atoms with Crippen molar-refractivity contribution in [3.63, 3.8) is 0 Å². The topological polar surface area (TPSA) is 0 Å². The van der Waals surface area contributed by atoms with Crippen molar-refractivity contribution in [2.75, 3.05) is 0 Å². The summed E-state index contributed by atoms with van der Waals surface area (Å²) in [5.74, 6) is 0. The predicted octanol–water partition coefficient (Wildman–Crippen LogP) is 6.65. The first-order valence-corrected chi connectivity index (χ1v) is 6.97. The Morgan fingerprint density at radius 2 is 1.10 bits per heavy atom. The van der Waals surface area contributed by atoms with Gasteiger partial charge in [-0.1, -0.05) is 6.07 Å². The van der Waals surface area contributed by atoms with E-state index in [1.807, 2.05) is 60.7 Å². The van der Waals surface area contributed by atoms with Crippen molar-refractivity contribution < 1.29 is 42.3 Å². The second-order valence-electron chi connectivity index (χ2n) is 3.41. The van der Waals surface area contributed by atoms with Crippen LogP contribution in [-0.2, 0) is 17.1 Å². The molecule has 0 aromatic heterocycles. The largest absolute Gasteiger partial charge is 3.00 e. The molecule has 0 N–H and O–H groups in total. The van der Waals surface area contributed by atoms with Gasteiger partial charge in [0.1, 0.15) is 0 Å². The summed E-state index contributed by atoms with van der Waals surface area (Å²) in [6, 6.07) is 19.9. The third-order valence-electron chi connectivity index (χ3n) is 1.40. The quantitative estimate of drug-likeness (QED) is 0.214. The fourth-order valence-electron chi connectivity index (χ4n) is 0.799. The van der Waals surface area contributed by atoms with Gasteiger partial charge in [0.25, 0.3) is 0 Å². The minimum Gasteiger partial charge on any atom is -0.214 e. The molecule has 2 rings (SSSR count). The van der Waals surface area contributed by atoms with Gasteiger partial charge in [0.05, 0.1) is 0 Å². The van der Waals surface area contributed by atoms with E-state index in [1.165, 1.54) is 0 Å². The molecule has 2 aromatic carbocycles. The summed E-state index contributed by atoms with van der Waals surface area (Å²) >= 11 is 0. The normalized spacial score (nSPS) is 13.1. The molecule has 1 radical (unpaired) electrons. The number of benzene rings is 1. The van der Waals surface area contributed by atoms with E-state index in [9.17, 15) is 25.2 Å². The summed E-state index contributed by atoms with van der Waals surface area (Å²) in [7, 11) is -10.7. The average Bonchev–Trinajstić information content (AvgIpc) is 2.71. The van der Waals surface area contributed by atoms with Crippen molar-refractivity contribution in [2.24, 2.45) is 0 Å². The van der Waals surface area contributed by atoms with Crippen molar-refractivity contribution in [1.82, 2.24) is 0 Å². The second-order valence-corrected chi connectivity index (χ2v) is 5.32. The zero-order chi connectivity index (χ0) is 15.1. The Balaban J connectivity index is 0. The van der Waals surface area contributed by atoms with Gasteiger partial charge >= 0.3 is 50.1 Å². The maximum atomic E-state index is 9.87. The third kappa shape index (κ3) is 30.2. The molecule has 115 valence electrons. The van der Waals surface area contributed by atoms with E-state index in [4.69, 9.17) is 0 Å². The van der Waals surface area contributed by atoms with Crippen LogP contribution in [0.2, 0.25) is 0 Å². The van der Waals surface area contributed by atoms with Gasteiger partial charge in [0, 0.05) is 0 Å². The van der Waals surface area contributed by atoms with Gasteiger partial charge < -0.3 is 0 Å². The van der Waals surface area contributed by atoms with Crippen LogP contribution in [0.25, 0.3) is 0 Å². The first-order valence-electron chi connectivity index (χ1n) is 4.95. The molecule has 2 aromatic rings. The third-order valence-corrected chi connectivity index (χ3v) is 1.40. The molecule has 0 nitrogen and oxygen atoms in total. The van der Waals surface area contributed by atoms with Gasteiger partial charge in [-0.05, 0) is 0 Å². The molecule has 0 fully saturated rings. The van der Waals surface area contributed by atoms with Crippen molar-refractivity contribution in [2.45, 2.75) is 0 Å². The Hall–Kier alpha value is -1.03. The van der Waals surface area contributed by atoms with Crippen LogP contribution in [0, 0.1) is 6.92 Å². The van der Waals surface area contributed by atoms with Crippen LogP contribution in [0.4, 0.5) is 25.2 Å². The van der Waals surface area contributed by atoms with Crippen LogP contribution in [0.15, 0.2) is 60.7 Å². The van der Waals surface area contributed by atoms with Gasteiger partial charge in [-0.25, -0.2) is 12.1 Å². The van der Waals surface area contributed by atoms with E-state index in [1.54, 1.807) is 0 Å². The molecule has 0 aliphatic rings. The monoisotopic (exact) mass is 357 g/mol. The molecular formula is C12H12F6FeP. The average molecular weight is 357 g/mol. The van der Waals surface area contributed by atoms with Crippen LogP contribution in [0.5, 0.6) is 0 Å². The van der Waals surface area contributed by atoms with E-state index in [2.05, 4.69) is 6.92 Å². The van der Waals surface area contributed by atoms with E-state index in [0.29, 0.717) is 0 Å². The van der Waals surface area contributed by atoms with Crippen LogP contribution in [-0.4, -0.2) is 0 Å². The van der Waals surface area contributed by atoms with Gasteiger partial charge in [-0.15, -0.1) is 12.1 Å². The molecule has 0 amide bonds. The van der Waals surface area contributed by atoms with E-state index in [0.717, 1.165) is 5.56 Å². The number of halogens is 6. The van der Waals surface area contributed by atoms with E-state index < -0.39 is 7.81 Å². The SMILES string of the molecule is F[P-](F)(F)(F)(F)F.[CH2-]c1ccccc1.[Fe+3].c1cc[cH-]c1. The predicted molar refractivity (Wildman–Crippen MR) is 66.5 cm³/mol. The Labute approximate surface area is 123 Å². The summed E-state index contributed by atoms with van der Waals surface area (Å²) < 4.78 is 59.2. The Morgan fingerprint density at radius 1 is 0.750 bits per heavy atom. The van der Waals surface area contributed by atoms with Crippen molar-refractivity contribution in [3.05, 3.63) is 73.2 Å². The second kappa shape index (κ2) is 7.11. The zero-order valence-electron chi connectivity index (χ0n) is 10.0. The molecule has 0 heterocycles. The number of hydrogen-bond acceptors (Lipinski definition) is 0. The van der Waals surface area contributed by atoms with Gasteiger partial charge in [0.15, 0.2) is 0 Å². The van der Waals surface area contributed by atoms with Crippen LogP contribution >= 0.6 is 7.81 Å². The van der Waals surface area contributed by atoms with Gasteiger partial charge in [0.2, 0.25) is 0 Å². The molecule has 0 saturated carbocycles. The summed E-state index contributed by atoms with van der Waals surface area (Å²) in [4.78, 5) is 0. The Bertz CT molecular complexity index is 420. The minimum absolute atomic E-state index is 0. The van der Waals surface area contributed by atoms with E-state index in [-0.39, 0.29) is 17.1 Å². The summed E-state index contributed by atoms with van der Waals surface area (Å²) in [6.45, 7) is 3.72. The van der Waals surface area contributed by atoms with Crippen LogP contribution < -0.4 is 0 Å². The Kier molecular flexibility index (Phi) is 7.57. The minimum atomic E-state index is -10.7. The molecular weight excluding hydrogens is 345 g/mol. The molecule has 8 heteroatoms. The maximum Gasteiger partial charge on any atom is 3.00 e. The molecule has 20 heavy (non-hydrogen) atoms.